The number of amides is 1. The Morgan fingerprint density at radius 3 is 2.32 bits per heavy atom. The summed E-state index contributed by atoms with van der Waals surface area (Å²) in [6.07, 6.45) is -4.44. The molecule has 1 atom stereocenters. The lowest BCUT2D eigenvalue weighted by Gasteiger charge is -2.25. The summed E-state index contributed by atoms with van der Waals surface area (Å²) in [5.74, 6) is -0.508. The zero-order valence-corrected chi connectivity index (χ0v) is 11.0. The van der Waals surface area contributed by atoms with Gasteiger partial charge in [-0.15, -0.1) is 0 Å². The molecule has 1 amide bonds. The van der Waals surface area contributed by atoms with Gasteiger partial charge < -0.3 is 11.1 Å². The van der Waals surface area contributed by atoms with Crippen LogP contribution < -0.4 is 11.1 Å². The van der Waals surface area contributed by atoms with E-state index >= 15 is 0 Å². The minimum atomic E-state index is -4.44. The van der Waals surface area contributed by atoms with Crippen molar-refractivity contribution >= 4 is 11.6 Å². The van der Waals surface area contributed by atoms with Gasteiger partial charge in [-0.1, -0.05) is 26.8 Å². The Kier molecular flexibility index (Phi) is 4.25. The smallest absolute Gasteiger partial charge is 0.325 e. The van der Waals surface area contributed by atoms with Crippen LogP contribution in [0.3, 0.4) is 0 Å². The Labute approximate surface area is 110 Å². The van der Waals surface area contributed by atoms with Gasteiger partial charge in [-0.2, -0.15) is 13.2 Å². The second-order valence-corrected chi connectivity index (χ2v) is 5.41. The van der Waals surface area contributed by atoms with Crippen LogP contribution in [0.15, 0.2) is 24.3 Å². The summed E-state index contributed by atoms with van der Waals surface area (Å²) in [6, 6.07) is 3.65. The van der Waals surface area contributed by atoms with E-state index in [0.717, 1.165) is 12.1 Å². The number of halogens is 3. The molecule has 1 unspecified atom stereocenters. The molecule has 6 heteroatoms. The predicted octanol–water partition coefficient (Wildman–Crippen LogP) is 3.02. The van der Waals surface area contributed by atoms with Crippen LogP contribution in [0.5, 0.6) is 0 Å². The SMILES string of the molecule is CC(C)(C)C(N)C(=O)Nc1cccc(C(F)(F)F)c1. The van der Waals surface area contributed by atoms with Crippen LogP contribution in [0.25, 0.3) is 0 Å². The highest BCUT2D eigenvalue weighted by Gasteiger charge is 2.31. The fourth-order valence-electron chi connectivity index (χ4n) is 1.39. The quantitative estimate of drug-likeness (QED) is 0.871. The number of alkyl halides is 3. The molecule has 0 aromatic heterocycles. The van der Waals surface area contributed by atoms with Crippen molar-refractivity contribution in [2.45, 2.75) is 33.0 Å². The van der Waals surface area contributed by atoms with Crippen LogP contribution >= 0.6 is 0 Å². The van der Waals surface area contributed by atoms with Gasteiger partial charge in [0.2, 0.25) is 5.91 Å². The molecule has 3 N–H and O–H groups in total. The maximum atomic E-state index is 12.5. The molecule has 0 aliphatic heterocycles. The lowest BCUT2D eigenvalue weighted by Crippen LogP contribution is -2.45. The van der Waals surface area contributed by atoms with Gasteiger partial charge in [-0.05, 0) is 23.6 Å². The first-order valence-electron chi connectivity index (χ1n) is 5.75. The Hall–Kier alpha value is -1.56. The maximum Gasteiger partial charge on any atom is 0.416 e. The highest BCUT2D eigenvalue weighted by molar-refractivity contribution is 5.95. The van der Waals surface area contributed by atoms with Crippen molar-refractivity contribution in [3.8, 4) is 0 Å². The standard InChI is InChI=1S/C13H17F3N2O/c1-12(2,3)10(17)11(19)18-9-6-4-5-8(7-9)13(14,15)16/h4-7,10H,17H2,1-3H3,(H,18,19). The number of hydrogen-bond donors (Lipinski definition) is 2. The highest BCUT2D eigenvalue weighted by Crippen LogP contribution is 2.30. The molecule has 0 bridgehead atoms. The first-order valence-corrected chi connectivity index (χ1v) is 5.75. The van der Waals surface area contributed by atoms with Crippen molar-refractivity contribution in [3.05, 3.63) is 29.8 Å². The third kappa shape index (κ3) is 4.24. The van der Waals surface area contributed by atoms with Crippen molar-refractivity contribution in [1.29, 1.82) is 0 Å². The predicted molar refractivity (Wildman–Crippen MR) is 67.5 cm³/mol. The average molecular weight is 274 g/mol. The van der Waals surface area contributed by atoms with E-state index in [1.807, 2.05) is 0 Å². The number of carbonyl (C=O) groups is 1. The van der Waals surface area contributed by atoms with Crippen LogP contribution in [0.2, 0.25) is 0 Å². The molecule has 1 aromatic rings. The first kappa shape index (κ1) is 15.5. The molecule has 0 heterocycles. The maximum absolute atomic E-state index is 12.5. The van der Waals surface area contributed by atoms with Gasteiger partial charge >= 0.3 is 6.18 Å². The second kappa shape index (κ2) is 5.21. The molecule has 1 rings (SSSR count). The fourth-order valence-corrected chi connectivity index (χ4v) is 1.39. The minimum Gasteiger partial charge on any atom is -0.325 e. The van der Waals surface area contributed by atoms with E-state index in [0.29, 0.717) is 0 Å². The summed E-state index contributed by atoms with van der Waals surface area (Å²) >= 11 is 0. The van der Waals surface area contributed by atoms with Crippen molar-refractivity contribution < 1.29 is 18.0 Å². The van der Waals surface area contributed by atoms with Crippen LogP contribution in [0, 0.1) is 5.41 Å². The third-order valence-corrected chi connectivity index (χ3v) is 2.67. The Balaban J connectivity index is 2.87. The van der Waals surface area contributed by atoms with Crippen LogP contribution in [0.4, 0.5) is 18.9 Å². The largest absolute Gasteiger partial charge is 0.416 e. The summed E-state index contributed by atoms with van der Waals surface area (Å²) in [6.45, 7) is 5.34. The van der Waals surface area contributed by atoms with Gasteiger partial charge in [0.25, 0.3) is 0 Å². The second-order valence-electron chi connectivity index (χ2n) is 5.41. The van der Waals surface area contributed by atoms with Crippen molar-refractivity contribution in [2.24, 2.45) is 11.1 Å². The molecule has 0 saturated heterocycles. The van der Waals surface area contributed by atoms with Crippen LogP contribution in [-0.4, -0.2) is 11.9 Å². The fraction of sp³-hybridized carbons (Fsp3) is 0.462. The minimum absolute atomic E-state index is 0.0829. The summed E-state index contributed by atoms with van der Waals surface area (Å²) in [5.41, 5.74) is 4.54. The lowest BCUT2D eigenvalue weighted by atomic mass is 9.87. The number of anilines is 1. The molecule has 0 spiro atoms. The average Bonchev–Trinajstić information content (AvgIpc) is 2.26. The van der Waals surface area contributed by atoms with E-state index in [4.69, 9.17) is 5.73 Å². The van der Waals surface area contributed by atoms with E-state index in [1.165, 1.54) is 12.1 Å². The van der Waals surface area contributed by atoms with Gasteiger partial charge in [0.15, 0.2) is 0 Å². The molecule has 0 fully saturated rings. The molecule has 19 heavy (non-hydrogen) atoms. The number of nitrogens with two attached hydrogens (primary N) is 1. The van der Waals surface area contributed by atoms with Crippen LogP contribution in [0.1, 0.15) is 26.3 Å². The molecular weight excluding hydrogens is 257 g/mol. The normalized spacial score (nSPS) is 14.1. The number of nitrogens with one attached hydrogen (secondary N) is 1. The Bertz CT molecular complexity index is 464. The molecule has 0 aliphatic carbocycles. The summed E-state index contributed by atoms with van der Waals surface area (Å²) in [5, 5.41) is 2.40. The van der Waals surface area contributed by atoms with Crippen molar-refractivity contribution in [3.63, 3.8) is 0 Å². The summed E-state index contributed by atoms with van der Waals surface area (Å²) in [7, 11) is 0. The van der Waals surface area contributed by atoms with Crippen molar-refractivity contribution in [2.75, 3.05) is 5.32 Å². The van der Waals surface area contributed by atoms with Gasteiger partial charge in [0.1, 0.15) is 0 Å². The molecule has 0 saturated carbocycles. The summed E-state index contributed by atoms with van der Waals surface area (Å²) < 4.78 is 37.5. The topological polar surface area (TPSA) is 55.1 Å². The van der Waals surface area contributed by atoms with Gasteiger partial charge in [-0.25, -0.2) is 0 Å². The molecule has 1 aromatic carbocycles. The van der Waals surface area contributed by atoms with E-state index in [1.54, 1.807) is 20.8 Å². The summed E-state index contributed by atoms with van der Waals surface area (Å²) in [4.78, 5) is 11.8. The van der Waals surface area contributed by atoms with Gasteiger partial charge in [-0.3, -0.25) is 4.79 Å². The number of carbonyl (C=O) groups excluding carboxylic acids is 1. The first-order chi connectivity index (χ1) is 8.51. The van der Waals surface area contributed by atoms with Crippen LogP contribution in [-0.2, 0) is 11.0 Å². The lowest BCUT2D eigenvalue weighted by molar-refractivity contribution is -0.137. The monoisotopic (exact) mass is 274 g/mol. The molecule has 0 aliphatic rings. The highest BCUT2D eigenvalue weighted by atomic mass is 19.4. The van der Waals surface area contributed by atoms with E-state index in [2.05, 4.69) is 5.32 Å². The third-order valence-electron chi connectivity index (χ3n) is 2.67. The van der Waals surface area contributed by atoms with E-state index in [-0.39, 0.29) is 5.69 Å². The van der Waals surface area contributed by atoms with E-state index < -0.39 is 29.1 Å². The van der Waals surface area contributed by atoms with Gasteiger partial charge in [0, 0.05) is 5.69 Å². The van der Waals surface area contributed by atoms with Gasteiger partial charge in [0.05, 0.1) is 11.6 Å². The van der Waals surface area contributed by atoms with E-state index in [9.17, 15) is 18.0 Å². The number of rotatable bonds is 2. The zero-order chi connectivity index (χ0) is 14.8. The molecule has 0 radical (unpaired) electrons. The molecule has 106 valence electrons. The number of hydrogen-bond acceptors (Lipinski definition) is 2. The van der Waals surface area contributed by atoms with Crippen molar-refractivity contribution in [1.82, 2.24) is 0 Å². The molecule has 3 nitrogen and oxygen atoms in total. The molecular formula is C13H17F3N2O. The Morgan fingerprint density at radius 2 is 1.84 bits per heavy atom. The zero-order valence-electron chi connectivity index (χ0n) is 11.0. The Morgan fingerprint density at radius 1 is 1.26 bits per heavy atom. The number of benzene rings is 1.